The van der Waals surface area contributed by atoms with Crippen molar-refractivity contribution in [2.45, 2.75) is 38.0 Å². The smallest absolute Gasteiger partial charge is 0.409 e. The Hall–Kier alpha value is -3.36. The van der Waals surface area contributed by atoms with Crippen LogP contribution in [0.5, 0.6) is 11.5 Å². The molecule has 0 spiro atoms. The lowest BCUT2D eigenvalue weighted by atomic mass is 9.86. The van der Waals surface area contributed by atoms with Gasteiger partial charge < -0.3 is 20.2 Å². The Kier molecular flexibility index (Phi) is 4.96. The average molecular weight is 397 g/mol. The zero-order valence-electron chi connectivity index (χ0n) is 16.4. The number of carbonyl (C=O) groups is 1. The topological polar surface area (TPSA) is 125 Å². The van der Waals surface area contributed by atoms with Crippen molar-refractivity contribution in [1.29, 1.82) is 0 Å². The van der Waals surface area contributed by atoms with Gasteiger partial charge in [-0.05, 0) is 25.0 Å². The van der Waals surface area contributed by atoms with Crippen LogP contribution >= 0.6 is 0 Å². The van der Waals surface area contributed by atoms with Crippen molar-refractivity contribution >= 4 is 17.1 Å². The molecule has 1 aliphatic carbocycles. The summed E-state index contributed by atoms with van der Waals surface area (Å²) in [6.45, 7) is 0. The summed E-state index contributed by atoms with van der Waals surface area (Å²) in [6.07, 6.45) is 4.71. The number of rotatable bonds is 4. The van der Waals surface area contributed by atoms with Crippen LogP contribution < -0.4 is 20.8 Å². The van der Waals surface area contributed by atoms with Crippen LogP contribution in [0.3, 0.4) is 0 Å². The normalized spacial score (nSPS) is 14.8. The van der Waals surface area contributed by atoms with E-state index in [1.54, 1.807) is 23.9 Å². The SMILES string of the molecule is COc1cc(OC(N)=O)ccc1-c1nc2c(c(C3CCCCC3)nn2C)c(=O)[nH]1. The number of primary amides is 1. The lowest BCUT2D eigenvalue weighted by Gasteiger charge is -2.19. The molecule has 1 amide bonds. The molecule has 9 nitrogen and oxygen atoms in total. The van der Waals surface area contributed by atoms with Gasteiger partial charge >= 0.3 is 6.09 Å². The number of amides is 1. The van der Waals surface area contributed by atoms with Crippen LogP contribution in [-0.2, 0) is 7.05 Å². The molecule has 152 valence electrons. The highest BCUT2D eigenvalue weighted by atomic mass is 16.5. The van der Waals surface area contributed by atoms with Crippen LogP contribution in [0.4, 0.5) is 4.79 Å². The highest BCUT2D eigenvalue weighted by Gasteiger charge is 2.25. The average Bonchev–Trinajstić information content (AvgIpc) is 3.05. The first kappa shape index (κ1) is 19.0. The van der Waals surface area contributed by atoms with Crippen molar-refractivity contribution in [3.05, 3.63) is 34.2 Å². The molecule has 2 heterocycles. The molecular weight excluding hydrogens is 374 g/mol. The van der Waals surface area contributed by atoms with E-state index in [0.717, 1.165) is 31.4 Å². The van der Waals surface area contributed by atoms with E-state index in [1.807, 2.05) is 0 Å². The number of methoxy groups -OCH3 is 1. The second-order valence-corrected chi connectivity index (χ2v) is 7.24. The van der Waals surface area contributed by atoms with E-state index in [2.05, 4.69) is 15.1 Å². The first-order valence-corrected chi connectivity index (χ1v) is 9.60. The zero-order chi connectivity index (χ0) is 20.5. The second-order valence-electron chi connectivity index (χ2n) is 7.24. The van der Waals surface area contributed by atoms with Gasteiger partial charge in [0.15, 0.2) is 5.65 Å². The van der Waals surface area contributed by atoms with Crippen molar-refractivity contribution < 1.29 is 14.3 Å². The molecule has 9 heteroatoms. The van der Waals surface area contributed by atoms with Crippen LogP contribution in [-0.4, -0.2) is 33.0 Å². The number of ether oxygens (including phenoxy) is 2. The molecular formula is C20H23N5O4. The molecule has 3 aromatic rings. The van der Waals surface area contributed by atoms with E-state index >= 15 is 0 Å². The molecule has 1 saturated carbocycles. The van der Waals surface area contributed by atoms with Crippen LogP contribution in [0.1, 0.15) is 43.7 Å². The molecule has 0 bridgehead atoms. The van der Waals surface area contributed by atoms with Gasteiger partial charge in [0.2, 0.25) is 0 Å². The molecule has 1 fully saturated rings. The monoisotopic (exact) mass is 397 g/mol. The lowest BCUT2D eigenvalue weighted by molar-refractivity contribution is 0.210. The summed E-state index contributed by atoms with van der Waals surface area (Å²) >= 11 is 0. The Bertz CT molecular complexity index is 1130. The van der Waals surface area contributed by atoms with Gasteiger partial charge in [-0.25, -0.2) is 14.5 Å². The standard InChI is InChI=1S/C20H23N5O4/c1-25-18-15(16(24-25)11-6-4-3-5-7-11)19(26)23-17(22-18)13-9-8-12(29-20(21)27)10-14(13)28-2/h8-11H,3-7H2,1-2H3,(H2,21,27)(H,22,23,26). The van der Waals surface area contributed by atoms with Crippen LogP contribution in [0.2, 0.25) is 0 Å². The molecule has 0 unspecified atom stereocenters. The Morgan fingerprint density at radius 1 is 1.28 bits per heavy atom. The van der Waals surface area contributed by atoms with Gasteiger partial charge in [0.1, 0.15) is 22.7 Å². The zero-order valence-corrected chi connectivity index (χ0v) is 16.4. The van der Waals surface area contributed by atoms with Gasteiger partial charge in [0.25, 0.3) is 5.56 Å². The second kappa shape index (κ2) is 7.57. The Morgan fingerprint density at radius 2 is 2.03 bits per heavy atom. The largest absolute Gasteiger partial charge is 0.496 e. The number of aromatic nitrogens is 4. The summed E-state index contributed by atoms with van der Waals surface area (Å²) in [5.74, 6) is 1.27. The minimum Gasteiger partial charge on any atom is -0.496 e. The number of fused-ring (bicyclic) bond motifs is 1. The quantitative estimate of drug-likeness (QED) is 0.697. The van der Waals surface area contributed by atoms with E-state index < -0.39 is 6.09 Å². The summed E-state index contributed by atoms with van der Waals surface area (Å²) in [6, 6.07) is 4.73. The van der Waals surface area contributed by atoms with E-state index in [4.69, 9.17) is 15.2 Å². The molecule has 0 atom stereocenters. The maximum atomic E-state index is 13.0. The van der Waals surface area contributed by atoms with Gasteiger partial charge in [-0.15, -0.1) is 0 Å². The predicted octanol–water partition coefficient (Wildman–Crippen LogP) is 2.84. The number of benzene rings is 1. The molecule has 1 aromatic carbocycles. The first-order valence-electron chi connectivity index (χ1n) is 9.60. The number of aromatic amines is 1. The molecule has 1 aliphatic rings. The minimum absolute atomic E-state index is 0.224. The van der Waals surface area contributed by atoms with Gasteiger partial charge in [-0.1, -0.05) is 19.3 Å². The number of nitrogens with zero attached hydrogens (tertiary/aromatic N) is 3. The molecule has 0 radical (unpaired) electrons. The Labute approximate surface area is 166 Å². The maximum absolute atomic E-state index is 13.0. The van der Waals surface area contributed by atoms with Gasteiger partial charge in [-0.3, -0.25) is 4.79 Å². The molecule has 3 N–H and O–H groups in total. The number of carbonyl (C=O) groups excluding carboxylic acids is 1. The third-order valence-electron chi connectivity index (χ3n) is 5.36. The fraction of sp³-hybridized carbons (Fsp3) is 0.400. The van der Waals surface area contributed by atoms with Crippen molar-refractivity contribution in [2.75, 3.05) is 7.11 Å². The molecule has 4 rings (SSSR count). The molecule has 0 aliphatic heterocycles. The Morgan fingerprint density at radius 3 is 2.72 bits per heavy atom. The van der Waals surface area contributed by atoms with Crippen molar-refractivity contribution in [1.82, 2.24) is 19.7 Å². The Balaban J connectivity index is 1.81. The number of hydrogen-bond acceptors (Lipinski definition) is 6. The van der Waals surface area contributed by atoms with Gasteiger partial charge in [-0.2, -0.15) is 5.10 Å². The van der Waals surface area contributed by atoms with Gasteiger partial charge in [0, 0.05) is 19.0 Å². The fourth-order valence-electron chi connectivity index (χ4n) is 4.02. The van der Waals surface area contributed by atoms with E-state index in [0.29, 0.717) is 34.1 Å². The van der Waals surface area contributed by atoms with Crippen molar-refractivity contribution in [3.8, 4) is 22.9 Å². The van der Waals surface area contributed by atoms with E-state index in [-0.39, 0.29) is 11.3 Å². The fourth-order valence-corrected chi connectivity index (χ4v) is 4.02. The van der Waals surface area contributed by atoms with Crippen LogP contribution in [0, 0.1) is 0 Å². The number of nitrogens with one attached hydrogen (secondary N) is 1. The summed E-state index contributed by atoms with van der Waals surface area (Å²) < 4.78 is 11.9. The molecule has 2 aromatic heterocycles. The summed E-state index contributed by atoms with van der Waals surface area (Å²) in [7, 11) is 3.28. The van der Waals surface area contributed by atoms with E-state index in [9.17, 15) is 9.59 Å². The molecule has 0 saturated heterocycles. The number of nitrogens with two attached hydrogens (primary N) is 1. The van der Waals surface area contributed by atoms with E-state index in [1.165, 1.54) is 19.6 Å². The number of H-pyrrole nitrogens is 1. The third-order valence-corrected chi connectivity index (χ3v) is 5.36. The number of hydrogen-bond donors (Lipinski definition) is 2. The summed E-state index contributed by atoms with van der Waals surface area (Å²) in [4.78, 5) is 31.5. The highest BCUT2D eigenvalue weighted by molar-refractivity contribution is 5.81. The lowest BCUT2D eigenvalue weighted by Crippen LogP contribution is -2.16. The first-order chi connectivity index (χ1) is 14.0. The third kappa shape index (κ3) is 3.55. The minimum atomic E-state index is -0.919. The van der Waals surface area contributed by atoms with Crippen molar-refractivity contribution in [2.24, 2.45) is 12.8 Å². The van der Waals surface area contributed by atoms with Gasteiger partial charge in [0.05, 0.1) is 18.4 Å². The maximum Gasteiger partial charge on any atom is 0.409 e. The van der Waals surface area contributed by atoms with Crippen LogP contribution in [0.25, 0.3) is 22.4 Å². The van der Waals surface area contributed by atoms with Crippen LogP contribution in [0.15, 0.2) is 23.0 Å². The number of aryl methyl sites for hydroxylation is 1. The van der Waals surface area contributed by atoms with Crippen molar-refractivity contribution in [3.63, 3.8) is 0 Å². The summed E-state index contributed by atoms with van der Waals surface area (Å²) in [5.41, 5.74) is 6.76. The molecule has 29 heavy (non-hydrogen) atoms. The highest BCUT2D eigenvalue weighted by Crippen LogP contribution is 2.35. The predicted molar refractivity (Wildman–Crippen MR) is 107 cm³/mol. The summed E-state index contributed by atoms with van der Waals surface area (Å²) in [5, 5.41) is 5.18.